The molecular weight excluding hydrogens is 278 g/mol. The first-order valence-corrected chi connectivity index (χ1v) is 7.78. The van der Waals surface area contributed by atoms with Crippen LogP contribution in [0.25, 0.3) is 0 Å². The van der Waals surface area contributed by atoms with Crippen LogP contribution in [0.4, 0.5) is 0 Å². The fourth-order valence-corrected chi connectivity index (χ4v) is 2.81. The zero-order chi connectivity index (χ0) is 12.9. The molecule has 6 heteroatoms. The molecule has 0 radical (unpaired) electrons. The highest BCUT2D eigenvalue weighted by Gasteiger charge is 2.21. The smallest absolute Gasteiger partial charge is 0.261 e. The lowest BCUT2D eigenvalue weighted by Crippen LogP contribution is -2.40. The lowest BCUT2D eigenvalue weighted by molar-refractivity contribution is 0.0529. The first-order valence-electron chi connectivity index (χ1n) is 5.19. The first-order chi connectivity index (χ1) is 7.94. The Bertz CT molecular complexity index is 379. The molecule has 0 saturated heterocycles. The minimum Gasteiger partial charge on any atom is -0.388 e. The summed E-state index contributed by atoms with van der Waals surface area (Å²) in [5.74, 6) is 0.680. The van der Waals surface area contributed by atoms with E-state index in [0.717, 1.165) is 5.75 Å². The molecule has 0 fully saturated rings. The second-order valence-electron chi connectivity index (χ2n) is 4.03. The van der Waals surface area contributed by atoms with Crippen LogP contribution in [0, 0.1) is 0 Å². The number of amides is 1. The summed E-state index contributed by atoms with van der Waals surface area (Å²) in [5, 5.41) is 12.7. The van der Waals surface area contributed by atoms with E-state index >= 15 is 0 Å². The molecule has 0 aliphatic heterocycles. The molecule has 3 nitrogen and oxygen atoms in total. The molecule has 0 aromatic carbocycles. The van der Waals surface area contributed by atoms with Gasteiger partial charge in [0, 0.05) is 6.54 Å². The second kappa shape index (κ2) is 6.64. The molecule has 0 saturated carbocycles. The Labute approximate surface area is 115 Å². The maximum absolute atomic E-state index is 11.7. The van der Waals surface area contributed by atoms with Crippen LogP contribution in [0.2, 0.25) is 4.34 Å². The highest BCUT2D eigenvalue weighted by molar-refractivity contribution is 7.98. The van der Waals surface area contributed by atoms with Crippen molar-refractivity contribution in [2.45, 2.75) is 18.9 Å². The van der Waals surface area contributed by atoms with E-state index in [2.05, 4.69) is 5.32 Å². The van der Waals surface area contributed by atoms with Crippen LogP contribution >= 0.6 is 34.7 Å². The predicted molar refractivity (Wildman–Crippen MR) is 75.3 cm³/mol. The Morgan fingerprint density at radius 3 is 2.88 bits per heavy atom. The Kier molecular flexibility index (Phi) is 5.79. The number of carbonyl (C=O) groups excluding carboxylic acids is 1. The maximum atomic E-state index is 11.7. The number of aliphatic hydroxyl groups is 1. The van der Waals surface area contributed by atoms with Gasteiger partial charge in [0.1, 0.15) is 0 Å². The molecule has 1 aromatic rings. The number of thiophene rings is 1. The van der Waals surface area contributed by atoms with E-state index in [4.69, 9.17) is 11.6 Å². The third-order valence-electron chi connectivity index (χ3n) is 2.27. The van der Waals surface area contributed by atoms with Gasteiger partial charge in [0.05, 0.1) is 14.8 Å². The number of rotatable bonds is 6. The Morgan fingerprint density at radius 1 is 1.65 bits per heavy atom. The minimum atomic E-state index is -0.861. The largest absolute Gasteiger partial charge is 0.388 e. The summed E-state index contributed by atoms with van der Waals surface area (Å²) in [6.07, 6.45) is 2.64. The van der Waals surface area contributed by atoms with E-state index < -0.39 is 5.60 Å². The van der Waals surface area contributed by atoms with Gasteiger partial charge in [-0.1, -0.05) is 11.6 Å². The van der Waals surface area contributed by atoms with Gasteiger partial charge in [-0.25, -0.2) is 0 Å². The van der Waals surface area contributed by atoms with E-state index in [-0.39, 0.29) is 12.5 Å². The van der Waals surface area contributed by atoms with Gasteiger partial charge < -0.3 is 10.4 Å². The van der Waals surface area contributed by atoms with Crippen LogP contribution < -0.4 is 5.32 Å². The van der Waals surface area contributed by atoms with Crippen LogP contribution in [0.1, 0.15) is 23.0 Å². The number of thioether (sulfide) groups is 1. The van der Waals surface area contributed by atoms with Gasteiger partial charge in [-0.3, -0.25) is 4.79 Å². The molecule has 2 N–H and O–H groups in total. The maximum Gasteiger partial charge on any atom is 0.261 e. The monoisotopic (exact) mass is 293 g/mol. The van der Waals surface area contributed by atoms with Crippen molar-refractivity contribution in [3.05, 3.63) is 21.3 Å². The minimum absolute atomic E-state index is 0.189. The molecule has 1 amide bonds. The van der Waals surface area contributed by atoms with Crippen molar-refractivity contribution in [2.24, 2.45) is 0 Å². The van der Waals surface area contributed by atoms with Gasteiger partial charge in [0.25, 0.3) is 5.91 Å². The number of hydrogen-bond donors (Lipinski definition) is 2. The fraction of sp³-hybridized carbons (Fsp3) is 0.545. The topological polar surface area (TPSA) is 49.3 Å². The van der Waals surface area contributed by atoms with Crippen LogP contribution in [-0.2, 0) is 0 Å². The fourth-order valence-electron chi connectivity index (χ4n) is 1.20. The van der Waals surface area contributed by atoms with Gasteiger partial charge in [-0.05, 0) is 37.5 Å². The Hall–Kier alpha value is -0.230. The highest BCUT2D eigenvalue weighted by atomic mass is 35.5. The molecule has 1 aromatic heterocycles. The lowest BCUT2D eigenvalue weighted by atomic mass is 10.0. The molecule has 96 valence electrons. The van der Waals surface area contributed by atoms with Crippen molar-refractivity contribution in [3.63, 3.8) is 0 Å². The normalized spacial score (nSPS) is 14.4. The summed E-state index contributed by atoms with van der Waals surface area (Å²) in [6, 6.07) is 3.37. The van der Waals surface area contributed by atoms with Crippen LogP contribution in [0.3, 0.4) is 0 Å². The van der Waals surface area contributed by atoms with E-state index in [9.17, 15) is 9.90 Å². The first kappa shape index (κ1) is 14.8. The van der Waals surface area contributed by atoms with Gasteiger partial charge in [0.15, 0.2) is 0 Å². The van der Waals surface area contributed by atoms with E-state index in [1.54, 1.807) is 30.8 Å². The molecule has 0 bridgehead atoms. The zero-order valence-corrected chi connectivity index (χ0v) is 12.2. The predicted octanol–water partition coefficient (Wildman–Crippen LogP) is 2.64. The quantitative estimate of drug-likeness (QED) is 0.848. The molecule has 0 unspecified atom stereocenters. The standard InChI is InChI=1S/C11H16ClNO2S2/c1-11(15,5-6-16-2)7-13-10(14)8-3-4-9(12)17-8/h3-4,15H,5-7H2,1-2H3,(H,13,14)/t11-/m1/s1. The van der Waals surface area contributed by atoms with E-state index in [1.807, 2.05) is 6.26 Å². The average molecular weight is 294 g/mol. The molecule has 1 heterocycles. The van der Waals surface area contributed by atoms with Gasteiger partial charge in [0.2, 0.25) is 0 Å². The summed E-state index contributed by atoms with van der Waals surface area (Å²) in [7, 11) is 0. The summed E-state index contributed by atoms with van der Waals surface area (Å²) in [6.45, 7) is 1.98. The van der Waals surface area contributed by atoms with E-state index in [1.165, 1.54) is 11.3 Å². The number of carbonyl (C=O) groups is 1. The van der Waals surface area contributed by atoms with Gasteiger partial charge in [-0.15, -0.1) is 11.3 Å². The van der Waals surface area contributed by atoms with Crippen molar-refractivity contribution in [1.82, 2.24) is 5.32 Å². The molecule has 1 rings (SSSR count). The van der Waals surface area contributed by atoms with Crippen LogP contribution in [-0.4, -0.2) is 35.2 Å². The second-order valence-corrected chi connectivity index (χ2v) is 6.73. The molecule has 17 heavy (non-hydrogen) atoms. The Morgan fingerprint density at radius 2 is 2.35 bits per heavy atom. The zero-order valence-electron chi connectivity index (χ0n) is 9.83. The van der Waals surface area contributed by atoms with Crippen LogP contribution in [0.5, 0.6) is 0 Å². The van der Waals surface area contributed by atoms with Gasteiger partial charge in [-0.2, -0.15) is 11.8 Å². The van der Waals surface area contributed by atoms with Crippen molar-refractivity contribution < 1.29 is 9.90 Å². The number of hydrogen-bond acceptors (Lipinski definition) is 4. The molecular formula is C11H16ClNO2S2. The van der Waals surface area contributed by atoms with Crippen molar-refractivity contribution in [2.75, 3.05) is 18.6 Å². The lowest BCUT2D eigenvalue weighted by Gasteiger charge is -2.23. The van der Waals surface area contributed by atoms with E-state index in [0.29, 0.717) is 15.6 Å². The van der Waals surface area contributed by atoms with Gasteiger partial charge >= 0.3 is 0 Å². The molecule has 1 atom stereocenters. The number of halogens is 1. The third kappa shape index (κ3) is 5.29. The van der Waals surface area contributed by atoms with Crippen LogP contribution in [0.15, 0.2) is 12.1 Å². The van der Waals surface area contributed by atoms with Crippen molar-refractivity contribution >= 4 is 40.6 Å². The molecule has 0 aliphatic carbocycles. The summed E-state index contributed by atoms with van der Waals surface area (Å²) >= 11 is 8.66. The SMILES string of the molecule is CSCC[C@@](C)(O)CNC(=O)c1ccc(Cl)s1. The van der Waals surface area contributed by atoms with Crippen molar-refractivity contribution in [1.29, 1.82) is 0 Å². The van der Waals surface area contributed by atoms with Crippen molar-refractivity contribution in [3.8, 4) is 0 Å². The number of nitrogens with one attached hydrogen (secondary N) is 1. The summed E-state index contributed by atoms with van der Waals surface area (Å²) in [5.41, 5.74) is -0.861. The molecule has 0 spiro atoms. The Balaban J connectivity index is 2.42. The third-order valence-corrected chi connectivity index (χ3v) is 4.11. The molecule has 0 aliphatic rings. The summed E-state index contributed by atoms with van der Waals surface area (Å²) < 4.78 is 0.587. The summed E-state index contributed by atoms with van der Waals surface area (Å²) in [4.78, 5) is 12.3. The average Bonchev–Trinajstić information content (AvgIpc) is 2.70. The highest BCUT2D eigenvalue weighted by Crippen LogP contribution is 2.21.